The van der Waals surface area contributed by atoms with E-state index in [4.69, 9.17) is 11.6 Å². The van der Waals surface area contributed by atoms with Crippen LogP contribution in [0.2, 0.25) is 5.02 Å². The number of aryl methyl sites for hydroxylation is 3. The maximum atomic E-state index is 13.0. The predicted octanol–water partition coefficient (Wildman–Crippen LogP) is 5.90. The van der Waals surface area contributed by atoms with Gasteiger partial charge in [-0.1, -0.05) is 54.6 Å². The highest BCUT2D eigenvalue weighted by Crippen LogP contribution is 2.26. The molecule has 0 radical (unpaired) electrons. The van der Waals surface area contributed by atoms with Crippen molar-refractivity contribution >= 4 is 46.6 Å². The van der Waals surface area contributed by atoms with Crippen molar-refractivity contribution in [3.8, 4) is 0 Å². The van der Waals surface area contributed by atoms with Gasteiger partial charge in [-0.25, -0.2) is 4.98 Å². The summed E-state index contributed by atoms with van der Waals surface area (Å²) in [6, 6.07) is 16.7. The number of benzene rings is 2. The van der Waals surface area contributed by atoms with E-state index in [0.29, 0.717) is 21.3 Å². The normalized spacial score (nSPS) is 10.6. The van der Waals surface area contributed by atoms with Crippen molar-refractivity contribution in [1.82, 2.24) is 4.98 Å². The van der Waals surface area contributed by atoms with Gasteiger partial charge in [-0.2, -0.15) is 0 Å². The largest absolute Gasteiger partial charge is 0.324 e. The molecule has 0 aliphatic rings. The highest BCUT2D eigenvalue weighted by atomic mass is 35.5. The van der Waals surface area contributed by atoms with Crippen molar-refractivity contribution < 1.29 is 9.59 Å². The van der Waals surface area contributed by atoms with Crippen molar-refractivity contribution in [1.29, 1.82) is 0 Å². The Hall–Kier alpha value is -2.83. The molecule has 3 aromatic rings. The van der Waals surface area contributed by atoms with Crippen LogP contribution in [0.15, 0.2) is 59.6 Å². The van der Waals surface area contributed by atoms with Crippen LogP contribution >= 0.6 is 23.4 Å². The van der Waals surface area contributed by atoms with E-state index in [0.717, 1.165) is 23.4 Å². The van der Waals surface area contributed by atoms with Crippen LogP contribution in [-0.2, 0) is 11.2 Å². The number of carbonyl (C=O) groups excluding carboxylic acids is 2. The van der Waals surface area contributed by atoms with E-state index in [1.807, 2.05) is 44.2 Å². The Bertz CT molecular complexity index is 1100. The first kappa shape index (κ1) is 22.8. The van der Waals surface area contributed by atoms with Crippen molar-refractivity contribution in [2.75, 3.05) is 16.4 Å². The predicted molar refractivity (Wildman–Crippen MR) is 128 cm³/mol. The quantitative estimate of drug-likeness (QED) is 0.437. The van der Waals surface area contributed by atoms with E-state index in [1.165, 1.54) is 17.3 Å². The smallest absolute Gasteiger partial charge is 0.258 e. The second-order valence-electron chi connectivity index (χ2n) is 7.08. The molecule has 0 aliphatic carbocycles. The van der Waals surface area contributed by atoms with Crippen molar-refractivity contribution in [3.05, 3.63) is 82.0 Å². The van der Waals surface area contributed by atoms with Crippen LogP contribution < -0.4 is 10.6 Å². The average Bonchev–Trinajstić information content (AvgIpc) is 2.74. The third-order valence-corrected chi connectivity index (χ3v) is 5.95. The molecule has 0 saturated carbocycles. The Kier molecular flexibility index (Phi) is 7.71. The zero-order valence-electron chi connectivity index (χ0n) is 17.7. The molecule has 0 fully saturated rings. The standard InChI is InChI=1S/C24H24ClN3O2S/c1-4-17-9-11-18(12-10-17)27-23(30)22-15(2)13-16(3)26-24(22)31-14-21(29)28-20-8-6-5-7-19(20)25/h5-13H,4,14H2,1-3H3,(H,27,30)(H,28,29). The lowest BCUT2D eigenvalue weighted by atomic mass is 10.1. The molecule has 0 bridgehead atoms. The number of halogens is 1. The number of thioether (sulfide) groups is 1. The van der Waals surface area contributed by atoms with Gasteiger partial charge in [-0.15, -0.1) is 0 Å². The number of hydrogen-bond acceptors (Lipinski definition) is 4. The van der Waals surface area contributed by atoms with Crippen LogP contribution in [0.3, 0.4) is 0 Å². The number of amides is 2. The second-order valence-corrected chi connectivity index (χ2v) is 8.45. The van der Waals surface area contributed by atoms with Crippen molar-refractivity contribution in [2.24, 2.45) is 0 Å². The summed E-state index contributed by atoms with van der Waals surface area (Å²) < 4.78 is 0. The van der Waals surface area contributed by atoms with E-state index in [-0.39, 0.29) is 17.6 Å². The van der Waals surface area contributed by atoms with E-state index >= 15 is 0 Å². The van der Waals surface area contributed by atoms with Crippen LogP contribution in [0.4, 0.5) is 11.4 Å². The summed E-state index contributed by atoms with van der Waals surface area (Å²) >= 11 is 7.33. The molecule has 160 valence electrons. The van der Waals surface area contributed by atoms with Crippen LogP contribution in [0.25, 0.3) is 0 Å². The highest BCUT2D eigenvalue weighted by molar-refractivity contribution is 8.00. The van der Waals surface area contributed by atoms with Crippen LogP contribution in [-0.4, -0.2) is 22.6 Å². The van der Waals surface area contributed by atoms with Gasteiger partial charge in [0.25, 0.3) is 5.91 Å². The lowest BCUT2D eigenvalue weighted by Gasteiger charge is -2.13. The molecular weight excluding hydrogens is 430 g/mol. The summed E-state index contributed by atoms with van der Waals surface area (Å²) in [6.07, 6.45) is 0.937. The van der Waals surface area contributed by atoms with E-state index in [9.17, 15) is 9.59 Å². The van der Waals surface area contributed by atoms with Gasteiger partial charge in [0.15, 0.2) is 0 Å². The Morgan fingerprint density at radius 3 is 2.42 bits per heavy atom. The monoisotopic (exact) mass is 453 g/mol. The Morgan fingerprint density at radius 2 is 1.74 bits per heavy atom. The average molecular weight is 454 g/mol. The third-order valence-electron chi connectivity index (χ3n) is 4.65. The number of anilines is 2. The molecule has 7 heteroatoms. The number of pyridine rings is 1. The molecule has 0 saturated heterocycles. The number of carbonyl (C=O) groups is 2. The van der Waals surface area contributed by atoms with Gasteiger partial charge in [0.05, 0.1) is 22.0 Å². The van der Waals surface area contributed by atoms with Gasteiger partial charge in [-0.3, -0.25) is 9.59 Å². The lowest BCUT2D eigenvalue weighted by molar-refractivity contribution is -0.113. The Labute approximate surface area is 191 Å². The van der Waals surface area contributed by atoms with E-state index in [1.54, 1.807) is 24.3 Å². The molecule has 0 atom stereocenters. The van der Waals surface area contributed by atoms with Gasteiger partial charge in [0, 0.05) is 11.4 Å². The molecule has 2 amide bonds. The number of hydrogen-bond donors (Lipinski definition) is 2. The Balaban J connectivity index is 1.75. The summed E-state index contributed by atoms with van der Waals surface area (Å²) in [5.74, 6) is -0.365. The zero-order chi connectivity index (χ0) is 22.4. The maximum absolute atomic E-state index is 13.0. The molecular formula is C24H24ClN3O2S. The van der Waals surface area contributed by atoms with E-state index < -0.39 is 0 Å². The minimum Gasteiger partial charge on any atom is -0.324 e. The van der Waals surface area contributed by atoms with Gasteiger partial charge >= 0.3 is 0 Å². The number of nitrogens with one attached hydrogen (secondary N) is 2. The molecule has 1 aromatic heterocycles. The fourth-order valence-electron chi connectivity index (χ4n) is 3.08. The topological polar surface area (TPSA) is 71.1 Å². The number of rotatable bonds is 7. The molecule has 31 heavy (non-hydrogen) atoms. The first-order valence-corrected chi connectivity index (χ1v) is 11.3. The molecule has 2 N–H and O–H groups in total. The summed E-state index contributed by atoms with van der Waals surface area (Å²) in [6.45, 7) is 5.82. The summed E-state index contributed by atoms with van der Waals surface area (Å²) in [5, 5.41) is 6.72. The van der Waals surface area contributed by atoms with Gasteiger partial charge in [0.1, 0.15) is 5.03 Å². The molecule has 3 rings (SSSR count). The molecule has 0 aliphatic heterocycles. The first-order chi connectivity index (χ1) is 14.9. The van der Waals surface area contributed by atoms with E-state index in [2.05, 4.69) is 22.5 Å². The fourth-order valence-corrected chi connectivity index (χ4v) is 4.21. The second kappa shape index (κ2) is 10.5. The number of nitrogens with zero attached hydrogens (tertiary/aromatic N) is 1. The van der Waals surface area contributed by atoms with Crippen LogP contribution in [0.1, 0.15) is 34.1 Å². The molecule has 0 unspecified atom stereocenters. The van der Waals surface area contributed by atoms with Gasteiger partial charge in [0.2, 0.25) is 5.91 Å². The Morgan fingerprint density at radius 1 is 1.03 bits per heavy atom. The lowest BCUT2D eigenvalue weighted by Crippen LogP contribution is -2.18. The van der Waals surface area contributed by atoms with Crippen LogP contribution in [0, 0.1) is 13.8 Å². The molecule has 1 heterocycles. The molecule has 2 aromatic carbocycles. The van der Waals surface area contributed by atoms with Crippen molar-refractivity contribution in [2.45, 2.75) is 32.2 Å². The third kappa shape index (κ3) is 6.09. The summed E-state index contributed by atoms with van der Waals surface area (Å²) in [7, 11) is 0. The summed E-state index contributed by atoms with van der Waals surface area (Å²) in [4.78, 5) is 30.0. The minimum absolute atomic E-state index is 0.104. The van der Waals surface area contributed by atoms with Gasteiger partial charge in [-0.05, 0) is 61.7 Å². The zero-order valence-corrected chi connectivity index (χ0v) is 19.2. The fraction of sp³-hybridized carbons (Fsp3) is 0.208. The number of aromatic nitrogens is 1. The van der Waals surface area contributed by atoms with Crippen LogP contribution in [0.5, 0.6) is 0 Å². The number of para-hydroxylation sites is 1. The first-order valence-electron chi connectivity index (χ1n) is 9.93. The highest BCUT2D eigenvalue weighted by Gasteiger charge is 2.19. The maximum Gasteiger partial charge on any atom is 0.258 e. The summed E-state index contributed by atoms with van der Waals surface area (Å²) in [5.41, 5.74) is 4.54. The molecule has 5 nitrogen and oxygen atoms in total. The molecule has 0 spiro atoms. The minimum atomic E-state index is -0.247. The van der Waals surface area contributed by atoms with Gasteiger partial charge < -0.3 is 10.6 Å². The SMILES string of the molecule is CCc1ccc(NC(=O)c2c(C)cc(C)nc2SCC(=O)Nc2ccccc2Cl)cc1. The van der Waals surface area contributed by atoms with Crippen molar-refractivity contribution in [3.63, 3.8) is 0 Å².